The molecule has 0 bridgehead atoms. The number of carbonyl (C=O) groups excluding carboxylic acids is 3. The normalized spacial score (nSPS) is 23.7. The van der Waals surface area contributed by atoms with Crippen LogP contribution in [-0.4, -0.2) is 58.8 Å². The maximum Gasteiger partial charge on any atom is 0.248 e. The highest BCUT2D eigenvalue weighted by atomic mass is 32.2. The monoisotopic (exact) mass is 347 g/mol. The summed E-state index contributed by atoms with van der Waals surface area (Å²) < 4.78 is 0. The molecule has 2 atom stereocenters. The van der Waals surface area contributed by atoms with Gasteiger partial charge in [0, 0.05) is 31.5 Å². The Morgan fingerprint density at radius 3 is 2.71 bits per heavy atom. The van der Waals surface area contributed by atoms with Gasteiger partial charge in [0.1, 0.15) is 6.04 Å². The van der Waals surface area contributed by atoms with Crippen molar-refractivity contribution in [3.8, 4) is 0 Å². The Bertz CT molecular complexity index is 679. The summed E-state index contributed by atoms with van der Waals surface area (Å²) in [5, 5.41) is 2.92. The molecule has 1 aromatic rings. The number of nitrogens with one attached hydrogen (secondary N) is 1. The topological polar surface area (TPSA) is 69.7 Å². The van der Waals surface area contributed by atoms with Gasteiger partial charge in [-0.1, -0.05) is 18.2 Å². The maximum absolute atomic E-state index is 12.7. The molecule has 2 aliphatic heterocycles. The van der Waals surface area contributed by atoms with Gasteiger partial charge in [-0.25, -0.2) is 0 Å². The Morgan fingerprint density at radius 2 is 2.04 bits per heavy atom. The van der Waals surface area contributed by atoms with Gasteiger partial charge in [-0.2, -0.15) is 0 Å². The lowest BCUT2D eigenvalue weighted by Crippen LogP contribution is -2.47. The van der Waals surface area contributed by atoms with E-state index >= 15 is 0 Å². The summed E-state index contributed by atoms with van der Waals surface area (Å²) in [6.07, 6.45) is 0.239. The molecule has 0 saturated carbocycles. The molecule has 3 amide bonds. The lowest BCUT2D eigenvalue weighted by atomic mass is 10.1. The zero-order valence-corrected chi connectivity index (χ0v) is 14.6. The second kappa shape index (κ2) is 6.84. The van der Waals surface area contributed by atoms with E-state index in [-0.39, 0.29) is 30.1 Å². The summed E-state index contributed by atoms with van der Waals surface area (Å²) in [7, 11) is 1.71. The molecular formula is C17H21N3O3S. The van der Waals surface area contributed by atoms with Gasteiger partial charge in [-0.3, -0.25) is 14.4 Å². The molecule has 1 N–H and O–H groups in total. The molecule has 2 fully saturated rings. The first-order valence-corrected chi connectivity index (χ1v) is 9.11. The van der Waals surface area contributed by atoms with Gasteiger partial charge in [-0.15, -0.1) is 11.8 Å². The zero-order chi connectivity index (χ0) is 17.3. The van der Waals surface area contributed by atoms with Crippen molar-refractivity contribution in [3.63, 3.8) is 0 Å². The summed E-state index contributed by atoms with van der Waals surface area (Å²) >= 11 is 1.57. The number of carbonyl (C=O) groups is 3. The van der Waals surface area contributed by atoms with Crippen molar-refractivity contribution < 1.29 is 14.4 Å². The SMILES string of the molecule is Cc1ccccc1NC(=O)[C@H]1CSCN1C(=O)[C@@H]1CC(=O)N(C)C1. The van der Waals surface area contributed by atoms with Crippen LogP contribution in [0.1, 0.15) is 12.0 Å². The van der Waals surface area contributed by atoms with Crippen molar-refractivity contribution in [3.05, 3.63) is 29.8 Å². The van der Waals surface area contributed by atoms with Gasteiger partial charge in [0.25, 0.3) is 0 Å². The van der Waals surface area contributed by atoms with Gasteiger partial charge < -0.3 is 15.1 Å². The number of anilines is 1. The number of hydrogen-bond donors (Lipinski definition) is 1. The Labute approximate surface area is 145 Å². The first kappa shape index (κ1) is 16.8. The van der Waals surface area contributed by atoms with Gasteiger partial charge in [0.15, 0.2) is 0 Å². The van der Waals surface area contributed by atoms with Crippen LogP contribution in [0.4, 0.5) is 5.69 Å². The Morgan fingerprint density at radius 1 is 1.29 bits per heavy atom. The number of para-hydroxylation sites is 1. The fourth-order valence-electron chi connectivity index (χ4n) is 3.07. The Kier molecular flexibility index (Phi) is 4.80. The number of rotatable bonds is 3. The van der Waals surface area contributed by atoms with Crippen LogP contribution in [0.2, 0.25) is 0 Å². The lowest BCUT2D eigenvalue weighted by molar-refractivity contribution is -0.139. The number of likely N-dealkylation sites (tertiary alicyclic amines) is 1. The van der Waals surface area contributed by atoms with Gasteiger partial charge in [0.2, 0.25) is 17.7 Å². The molecule has 128 valence electrons. The van der Waals surface area contributed by atoms with Crippen LogP contribution < -0.4 is 5.32 Å². The van der Waals surface area contributed by atoms with E-state index in [2.05, 4.69) is 5.32 Å². The molecule has 0 spiro atoms. The summed E-state index contributed by atoms with van der Waals surface area (Å²) in [6, 6.07) is 7.09. The highest BCUT2D eigenvalue weighted by Crippen LogP contribution is 2.27. The molecule has 0 unspecified atom stereocenters. The predicted molar refractivity (Wildman–Crippen MR) is 93.5 cm³/mol. The minimum atomic E-state index is -0.483. The van der Waals surface area contributed by atoms with Gasteiger partial charge in [-0.05, 0) is 18.6 Å². The third-order valence-electron chi connectivity index (χ3n) is 4.56. The van der Waals surface area contributed by atoms with Crippen LogP contribution in [0.25, 0.3) is 0 Å². The first-order chi connectivity index (χ1) is 11.5. The second-order valence-electron chi connectivity index (χ2n) is 6.30. The van der Waals surface area contributed by atoms with Crippen LogP contribution in [0.15, 0.2) is 24.3 Å². The maximum atomic E-state index is 12.7. The molecule has 24 heavy (non-hydrogen) atoms. The number of nitrogens with zero attached hydrogens (tertiary/aromatic N) is 2. The van der Waals surface area contributed by atoms with Crippen molar-refractivity contribution in [2.75, 3.05) is 30.5 Å². The largest absolute Gasteiger partial charge is 0.345 e. The van der Waals surface area contributed by atoms with Crippen LogP contribution in [0.3, 0.4) is 0 Å². The zero-order valence-electron chi connectivity index (χ0n) is 13.8. The Balaban J connectivity index is 1.69. The van der Waals surface area contributed by atoms with Crippen LogP contribution >= 0.6 is 11.8 Å². The summed E-state index contributed by atoms with van der Waals surface area (Å²) in [4.78, 5) is 40.2. The molecule has 0 aromatic heterocycles. The van der Waals surface area contributed by atoms with E-state index in [4.69, 9.17) is 0 Å². The average Bonchev–Trinajstić information content (AvgIpc) is 3.16. The van der Waals surface area contributed by atoms with E-state index in [1.54, 1.807) is 28.6 Å². The molecule has 2 saturated heterocycles. The number of thioether (sulfide) groups is 1. The molecule has 1 aromatic carbocycles. The van der Waals surface area contributed by atoms with E-state index in [1.165, 1.54) is 0 Å². The smallest absolute Gasteiger partial charge is 0.248 e. The third kappa shape index (κ3) is 3.26. The van der Waals surface area contributed by atoms with Crippen LogP contribution in [0.5, 0.6) is 0 Å². The molecule has 0 aliphatic carbocycles. The van der Waals surface area contributed by atoms with Crippen molar-refractivity contribution in [1.82, 2.24) is 9.80 Å². The van der Waals surface area contributed by atoms with Gasteiger partial charge >= 0.3 is 0 Å². The Hall–Kier alpha value is -2.02. The number of benzene rings is 1. The van der Waals surface area contributed by atoms with Gasteiger partial charge in [0.05, 0.1) is 11.8 Å². The van der Waals surface area contributed by atoms with Crippen LogP contribution in [0, 0.1) is 12.8 Å². The average molecular weight is 347 g/mol. The lowest BCUT2D eigenvalue weighted by Gasteiger charge is -2.25. The number of hydrogen-bond acceptors (Lipinski definition) is 4. The van der Waals surface area contributed by atoms with E-state index in [1.807, 2.05) is 31.2 Å². The molecule has 7 heteroatoms. The quantitative estimate of drug-likeness (QED) is 0.895. The highest BCUT2D eigenvalue weighted by Gasteiger charge is 2.41. The second-order valence-corrected chi connectivity index (χ2v) is 7.30. The minimum absolute atomic E-state index is 0.0129. The summed E-state index contributed by atoms with van der Waals surface area (Å²) in [5.41, 5.74) is 1.75. The van der Waals surface area contributed by atoms with E-state index < -0.39 is 6.04 Å². The van der Waals surface area contributed by atoms with Crippen LogP contribution in [-0.2, 0) is 14.4 Å². The summed E-state index contributed by atoms with van der Waals surface area (Å²) in [5.74, 6) is 0.470. The molecule has 2 aliphatic rings. The molecular weight excluding hydrogens is 326 g/mol. The fourth-order valence-corrected chi connectivity index (χ4v) is 4.23. The van der Waals surface area contributed by atoms with E-state index in [0.29, 0.717) is 18.2 Å². The van der Waals surface area contributed by atoms with Crippen molar-refractivity contribution in [1.29, 1.82) is 0 Å². The predicted octanol–water partition coefficient (Wildman–Crippen LogP) is 1.31. The highest BCUT2D eigenvalue weighted by molar-refractivity contribution is 7.99. The molecule has 0 radical (unpaired) electrons. The molecule has 6 nitrogen and oxygen atoms in total. The van der Waals surface area contributed by atoms with E-state index in [9.17, 15) is 14.4 Å². The van der Waals surface area contributed by atoms with Crippen molar-refractivity contribution >= 4 is 35.2 Å². The minimum Gasteiger partial charge on any atom is -0.345 e. The molecule has 3 rings (SSSR count). The number of amides is 3. The fraction of sp³-hybridized carbons (Fsp3) is 0.471. The number of aryl methyl sites for hydroxylation is 1. The van der Waals surface area contributed by atoms with Crippen molar-refractivity contribution in [2.45, 2.75) is 19.4 Å². The molecule has 2 heterocycles. The third-order valence-corrected chi connectivity index (χ3v) is 5.57. The summed E-state index contributed by atoms with van der Waals surface area (Å²) in [6.45, 7) is 2.37. The van der Waals surface area contributed by atoms with Crippen molar-refractivity contribution in [2.24, 2.45) is 5.92 Å². The standard InChI is InChI=1S/C17H21N3O3S/c1-11-5-3-4-6-13(11)18-16(22)14-9-24-10-20(14)17(23)12-7-15(21)19(2)8-12/h3-6,12,14H,7-10H2,1-2H3,(H,18,22)/t12-,14-/m1/s1. The van der Waals surface area contributed by atoms with E-state index in [0.717, 1.165) is 11.3 Å². The first-order valence-electron chi connectivity index (χ1n) is 7.96.